The SMILES string of the molecule is Cc1ccc(COc2ccccc2/C=C2/SC(=NCc3ccccc3)N(Cc3ccccc3)C2=O)cc1. The van der Waals surface area contributed by atoms with Gasteiger partial charge < -0.3 is 4.74 Å². The molecule has 0 saturated carbocycles. The van der Waals surface area contributed by atoms with Crippen molar-refractivity contribution in [2.45, 2.75) is 26.6 Å². The van der Waals surface area contributed by atoms with E-state index in [1.165, 1.54) is 17.3 Å². The zero-order valence-electron chi connectivity index (χ0n) is 20.7. The number of aliphatic imine (C=N–C) groups is 1. The van der Waals surface area contributed by atoms with E-state index in [9.17, 15) is 4.79 Å². The maximum Gasteiger partial charge on any atom is 0.267 e. The van der Waals surface area contributed by atoms with E-state index in [0.29, 0.717) is 29.8 Å². The number of hydrogen-bond donors (Lipinski definition) is 0. The fourth-order valence-electron chi connectivity index (χ4n) is 3.99. The average Bonchev–Trinajstić information content (AvgIpc) is 3.22. The van der Waals surface area contributed by atoms with Crippen LogP contribution in [0.2, 0.25) is 0 Å². The molecule has 5 rings (SSSR count). The summed E-state index contributed by atoms with van der Waals surface area (Å²) in [5.41, 5.74) is 5.36. The Kier molecular flexibility index (Phi) is 7.82. The summed E-state index contributed by atoms with van der Waals surface area (Å²) in [5, 5.41) is 0.710. The number of amidine groups is 1. The third kappa shape index (κ3) is 6.38. The molecule has 1 saturated heterocycles. The van der Waals surface area contributed by atoms with E-state index in [2.05, 4.69) is 31.2 Å². The Morgan fingerprint density at radius 3 is 2.16 bits per heavy atom. The fraction of sp³-hybridized carbons (Fsp3) is 0.125. The number of nitrogens with zero attached hydrogens (tertiary/aromatic N) is 2. The van der Waals surface area contributed by atoms with Crippen LogP contribution in [0.15, 0.2) is 119 Å². The van der Waals surface area contributed by atoms with Crippen LogP contribution in [0.3, 0.4) is 0 Å². The third-order valence-electron chi connectivity index (χ3n) is 6.03. The van der Waals surface area contributed by atoms with Crippen LogP contribution in [0.5, 0.6) is 5.75 Å². The largest absolute Gasteiger partial charge is 0.488 e. The lowest BCUT2D eigenvalue weighted by atomic mass is 10.1. The Balaban J connectivity index is 1.40. The lowest BCUT2D eigenvalue weighted by molar-refractivity contribution is -0.122. The summed E-state index contributed by atoms with van der Waals surface area (Å²) in [4.78, 5) is 20.8. The molecule has 4 aromatic carbocycles. The Bertz CT molecular complexity index is 1410. The van der Waals surface area contributed by atoms with Crippen molar-refractivity contribution in [1.29, 1.82) is 0 Å². The number of aryl methyl sites for hydroxylation is 1. The summed E-state index contributed by atoms with van der Waals surface area (Å²) in [6, 6.07) is 36.2. The number of ether oxygens (including phenoxy) is 1. The molecule has 0 aliphatic carbocycles. The molecule has 4 aromatic rings. The number of para-hydroxylation sites is 1. The summed E-state index contributed by atoms with van der Waals surface area (Å²) in [7, 11) is 0. The number of carbonyl (C=O) groups is 1. The monoisotopic (exact) mass is 504 g/mol. The average molecular weight is 505 g/mol. The van der Waals surface area contributed by atoms with Crippen LogP contribution in [0.25, 0.3) is 6.08 Å². The third-order valence-corrected chi connectivity index (χ3v) is 7.08. The van der Waals surface area contributed by atoms with E-state index >= 15 is 0 Å². The standard InChI is InChI=1S/C32H28N2O2S/c1-24-16-18-27(19-17-24)23-36-29-15-9-8-14-28(29)20-30-31(35)34(22-26-12-6-3-7-13-26)32(37-30)33-21-25-10-4-2-5-11-25/h2-20H,21-23H2,1H3/b30-20+,33-32?. The van der Waals surface area contributed by atoms with Crippen LogP contribution in [0.4, 0.5) is 0 Å². The molecular weight excluding hydrogens is 476 g/mol. The molecule has 37 heavy (non-hydrogen) atoms. The first-order valence-electron chi connectivity index (χ1n) is 12.3. The van der Waals surface area contributed by atoms with Gasteiger partial charge in [0.1, 0.15) is 12.4 Å². The zero-order valence-corrected chi connectivity index (χ0v) is 21.5. The van der Waals surface area contributed by atoms with Crippen LogP contribution < -0.4 is 4.74 Å². The second-order valence-electron chi connectivity index (χ2n) is 8.88. The van der Waals surface area contributed by atoms with Crippen LogP contribution in [0.1, 0.15) is 27.8 Å². The molecule has 0 unspecified atom stereocenters. The van der Waals surface area contributed by atoms with Gasteiger partial charge in [-0.3, -0.25) is 14.7 Å². The molecule has 0 radical (unpaired) electrons. The van der Waals surface area contributed by atoms with Crippen molar-refractivity contribution in [3.8, 4) is 5.75 Å². The predicted octanol–water partition coefficient (Wildman–Crippen LogP) is 7.25. The highest BCUT2D eigenvalue weighted by atomic mass is 32.2. The van der Waals surface area contributed by atoms with Crippen LogP contribution in [0, 0.1) is 6.92 Å². The van der Waals surface area contributed by atoms with E-state index in [0.717, 1.165) is 28.0 Å². The zero-order chi connectivity index (χ0) is 25.5. The van der Waals surface area contributed by atoms with Gasteiger partial charge in [0.05, 0.1) is 18.0 Å². The first-order chi connectivity index (χ1) is 18.2. The summed E-state index contributed by atoms with van der Waals surface area (Å²) in [5.74, 6) is 0.697. The molecule has 184 valence electrons. The summed E-state index contributed by atoms with van der Waals surface area (Å²) in [6.45, 7) is 3.53. The van der Waals surface area contributed by atoms with E-state index in [4.69, 9.17) is 9.73 Å². The Labute approximate surface area is 222 Å². The van der Waals surface area contributed by atoms with Crippen molar-refractivity contribution in [3.63, 3.8) is 0 Å². The predicted molar refractivity (Wildman–Crippen MR) is 152 cm³/mol. The molecule has 4 nitrogen and oxygen atoms in total. The first kappa shape index (κ1) is 24.6. The molecule has 1 fully saturated rings. The first-order valence-corrected chi connectivity index (χ1v) is 13.1. The maximum atomic E-state index is 13.6. The minimum absolute atomic E-state index is 0.0472. The molecular formula is C32H28N2O2S. The maximum absolute atomic E-state index is 13.6. The smallest absolute Gasteiger partial charge is 0.267 e. The number of rotatable bonds is 8. The summed E-state index contributed by atoms with van der Waals surface area (Å²) in [6.07, 6.45) is 1.92. The number of hydrogen-bond acceptors (Lipinski definition) is 4. The van der Waals surface area contributed by atoms with Crippen molar-refractivity contribution in [1.82, 2.24) is 4.90 Å². The lowest BCUT2D eigenvalue weighted by Gasteiger charge is -2.15. The normalized spacial score (nSPS) is 15.5. The summed E-state index contributed by atoms with van der Waals surface area (Å²) < 4.78 is 6.15. The minimum Gasteiger partial charge on any atom is -0.488 e. The van der Waals surface area contributed by atoms with Gasteiger partial charge in [0.25, 0.3) is 5.91 Å². The molecule has 0 spiro atoms. The molecule has 0 N–H and O–H groups in total. The molecule has 1 heterocycles. The molecule has 1 amide bonds. The summed E-state index contributed by atoms with van der Waals surface area (Å²) >= 11 is 1.42. The topological polar surface area (TPSA) is 41.9 Å². The number of carbonyl (C=O) groups excluding carboxylic acids is 1. The van der Waals surface area contributed by atoms with Gasteiger partial charge >= 0.3 is 0 Å². The van der Waals surface area contributed by atoms with E-state index in [-0.39, 0.29) is 5.91 Å². The Morgan fingerprint density at radius 2 is 1.43 bits per heavy atom. The fourth-order valence-corrected chi connectivity index (χ4v) is 4.96. The Morgan fingerprint density at radius 1 is 0.784 bits per heavy atom. The number of thioether (sulfide) groups is 1. The van der Waals surface area contributed by atoms with Gasteiger partial charge in [-0.2, -0.15) is 0 Å². The van der Waals surface area contributed by atoms with Crippen molar-refractivity contribution in [3.05, 3.63) is 142 Å². The quantitative estimate of drug-likeness (QED) is 0.237. The van der Waals surface area contributed by atoms with Gasteiger partial charge in [0.2, 0.25) is 0 Å². The van der Waals surface area contributed by atoms with Crippen LogP contribution in [-0.4, -0.2) is 16.0 Å². The van der Waals surface area contributed by atoms with Gasteiger partial charge in [-0.25, -0.2) is 0 Å². The van der Waals surface area contributed by atoms with Crippen LogP contribution in [-0.2, 0) is 24.5 Å². The number of benzene rings is 4. The van der Waals surface area contributed by atoms with Gasteiger partial charge in [-0.15, -0.1) is 0 Å². The van der Waals surface area contributed by atoms with Gasteiger partial charge in [-0.1, -0.05) is 109 Å². The molecule has 0 bridgehead atoms. The molecule has 0 atom stereocenters. The van der Waals surface area contributed by atoms with Gasteiger partial charge in [0.15, 0.2) is 5.17 Å². The molecule has 5 heteroatoms. The molecule has 1 aliphatic rings. The number of amides is 1. The van der Waals surface area contributed by atoms with Crippen molar-refractivity contribution >= 4 is 28.9 Å². The molecule has 1 aliphatic heterocycles. The second kappa shape index (κ2) is 11.8. The highest BCUT2D eigenvalue weighted by Gasteiger charge is 2.33. The molecule has 0 aromatic heterocycles. The van der Waals surface area contributed by atoms with Crippen LogP contribution >= 0.6 is 11.8 Å². The highest BCUT2D eigenvalue weighted by molar-refractivity contribution is 8.18. The van der Waals surface area contributed by atoms with E-state index in [1.807, 2.05) is 91.0 Å². The van der Waals surface area contributed by atoms with Crippen molar-refractivity contribution < 1.29 is 9.53 Å². The van der Waals surface area contributed by atoms with Crippen molar-refractivity contribution in [2.75, 3.05) is 0 Å². The highest BCUT2D eigenvalue weighted by Crippen LogP contribution is 2.35. The van der Waals surface area contributed by atoms with Gasteiger partial charge in [0, 0.05) is 5.56 Å². The van der Waals surface area contributed by atoms with E-state index in [1.54, 1.807) is 4.90 Å². The Hall–Kier alpha value is -4.09. The van der Waals surface area contributed by atoms with Crippen molar-refractivity contribution in [2.24, 2.45) is 4.99 Å². The second-order valence-corrected chi connectivity index (χ2v) is 9.89. The van der Waals surface area contributed by atoms with Gasteiger partial charge in [-0.05, 0) is 47.5 Å². The van der Waals surface area contributed by atoms with E-state index < -0.39 is 0 Å². The lowest BCUT2D eigenvalue weighted by Crippen LogP contribution is -2.28. The minimum atomic E-state index is -0.0472.